The van der Waals surface area contributed by atoms with Crippen LogP contribution in [0.5, 0.6) is 5.75 Å². The molecule has 2 atom stereocenters. The normalized spacial score (nSPS) is 22.2. The van der Waals surface area contributed by atoms with Crippen LogP contribution in [-0.4, -0.2) is 18.6 Å². The summed E-state index contributed by atoms with van der Waals surface area (Å²) in [5.41, 5.74) is 6.30. The number of ether oxygens (including phenoxy) is 1. The molecular formula is C16H24N2O2. The van der Waals surface area contributed by atoms with Crippen molar-refractivity contribution in [2.24, 2.45) is 5.92 Å². The summed E-state index contributed by atoms with van der Waals surface area (Å²) in [4.78, 5) is 11.9. The van der Waals surface area contributed by atoms with Crippen LogP contribution in [0.2, 0.25) is 0 Å². The van der Waals surface area contributed by atoms with E-state index in [2.05, 4.69) is 12.2 Å². The van der Waals surface area contributed by atoms with Crippen LogP contribution >= 0.6 is 0 Å². The molecule has 0 heterocycles. The van der Waals surface area contributed by atoms with E-state index in [9.17, 15) is 4.79 Å². The van der Waals surface area contributed by atoms with Gasteiger partial charge in [-0.3, -0.25) is 4.79 Å². The second-order valence-corrected chi connectivity index (χ2v) is 5.57. The molecule has 0 radical (unpaired) electrons. The van der Waals surface area contributed by atoms with Gasteiger partial charge in [0.15, 0.2) is 6.61 Å². The van der Waals surface area contributed by atoms with E-state index in [4.69, 9.17) is 10.5 Å². The zero-order valence-corrected chi connectivity index (χ0v) is 12.1. The Labute approximate surface area is 120 Å². The minimum absolute atomic E-state index is 0.0471. The highest BCUT2D eigenvalue weighted by atomic mass is 16.5. The first-order chi connectivity index (χ1) is 9.67. The second-order valence-electron chi connectivity index (χ2n) is 5.57. The Kier molecular flexibility index (Phi) is 5.27. The fourth-order valence-corrected chi connectivity index (χ4v) is 2.82. The van der Waals surface area contributed by atoms with E-state index < -0.39 is 0 Å². The third kappa shape index (κ3) is 4.44. The molecule has 2 unspecified atom stereocenters. The molecule has 110 valence electrons. The largest absolute Gasteiger partial charge is 0.484 e. The third-order valence-corrected chi connectivity index (χ3v) is 3.95. The minimum atomic E-state index is -0.0471. The van der Waals surface area contributed by atoms with Gasteiger partial charge in [-0.2, -0.15) is 0 Å². The van der Waals surface area contributed by atoms with E-state index in [1.165, 1.54) is 19.3 Å². The molecule has 1 aliphatic rings. The van der Waals surface area contributed by atoms with Crippen LogP contribution < -0.4 is 15.8 Å². The molecule has 0 bridgehead atoms. The predicted molar refractivity (Wildman–Crippen MR) is 80.5 cm³/mol. The number of amides is 1. The van der Waals surface area contributed by atoms with Gasteiger partial charge in [-0.15, -0.1) is 0 Å². The van der Waals surface area contributed by atoms with Crippen molar-refractivity contribution in [2.45, 2.75) is 45.1 Å². The summed E-state index contributed by atoms with van der Waals surface area (Å²) in [6.45, 7) is 2.27. The molecule has 4 nitrogen and oxygen atoms in total. The highest BCUT2D eigenvalue weighted by Gasteiger charge is 2.22. The zero-order chi connectivity index (χ0) is 14.4. The maximum Gasteiger partial charge on any atom is 0.258 e. The van der Waals surface area contributed by atoms with Crippen LogP contribution in [0, 0.1) is 5.92 Å². The van der Waals surface area contributed by atoms with E-state index in [-0.39, 0.29) is 12.5 Å². The summed E-state index contributed by atoms with van der Waals surface area (Å²) in [5.74, 6) is 1.34. The number of hydrogen-bond donors (Lipinski definition) is 2. The van der Waals surface area contributed by atoms with E-state index in [1.807, 2.05) is 6.07 Å². The Morgan fingerprint density at radius 1 is 1.45 bits per heavy atom. The van der Waals surface area contributed by atoms with Crippen LogP contribution in [0.1, 0.15) is 39.0 Å². The van der Waals surface area contributed by atoms with E-state index >= 15 is 0 Å². The summed E-state index contributed by atoms with van der Waals surface area (Å²) in [7, 11) is 0. The van der Waals surface area contributed by atoms with Crippen molar-refractivity contribution in [3.63, 3.8) is 0 Å². The van der Waals surface area contributed by atoms with Gasteiger partial charge in [-0.05, 0) is 30.9 Å². The third-order valence-electron chi connectivity index (χ3n) is 3.95. The summed E-state index contributed by atoms with van der Waals surface area (Å²) in [5, 5.41) is 3.07. The van der Waals surface area contributed by atoms with Crippen LogP contribution in [0.3, 0.4) is 0 Å². The number of carbonyl (C=O) groups excluding carboxylic acids is 1. The molecule has 1 amide bonds. The van der Waals surface area contributed by atoms with Gasteiger partial charge in [0.2, 0.25) is 0 Å². The molecule has 2 rings (SSSR count). The summed E-state index contributed by atoms with van der Waals surface area (Å²) < 4.78 is 5.45. The van der Waals surface area contributed by atoms with Crippen molar-refractivity contribution in [1.29, 1.82) is 0 Å². The molecular weight excluding hydrogens is 252 g/mol. The van der Waals surface area contributed by atoms with Crippen molar-refractivity contribution in [1.82, 2.24) is 5.32 Å². The smallest absolute Gasteiger partial charge is 0.258 e. The Hall–Kier alpha value is -1.71. The Bertz CT molecular complexity index is 448. The summed E-state index contributed by atoms with van der Waals surface area (Å²) in [6.07, 6.45) is 5.88. The van der Waals surface area contributed by atoms with Crippen molar-refractivity contribution in [3.05, 3.63) is 24.3 Å². The van der Waals surface area contributed by atoms with Gasteiger partial charge in [0.1, 0.15) is 5.75 Å². The monoisotopic (exact) mass is 276 g/mol. The molecule has 0 aromatic heterocycles. The van der Waals surface area contributed by atoms with E-state index in [1.54, 1.807) is 18.2 Å². The SMILES string of the molecule is CCC1CCCC(NC(=O)COc2cccc(N)c2)C1. The highest BCUT2D eigenvalue weighted by molar-refractivity contribution is 5.77. The van der Waals surface area contributed by atoms with Gasteiger partial charge in [0.25, 0.3) is 5.91 Å². The molecule has 0 aliphatic heterocycles. The molecule has 3 N–H and O–H groups in total. The second kappa shape index (κ2) is 7.17. The standard InChI is InChI=1S/C16H24N2O2/c1-2-12-5-3-7-14(9-12)18-16(19)11-20-15-8-4-6-13(17)10-15/h4,6,8,10,12,14H,2-3,5,7,9,11,17H2,1H3,(H,18,19). The molecule has 1 aromatic rings. The first-order valence-corrected chi connectivity index (χ1v) is 7.45. The van der Waals surface area contributed by atoms with Crippen LogP contribution in [0.4, 0.5) is 5.69 Å². The average molecular weight is 276 g/mol. The van der Waals surface area contributed by atoms with Crippen molar-refractivity contribution >= 4 is 11.6 Å². The number of nitrogens with one attached hydrogen (secondary N) is 1. The van der Waals surface area contributed by atoms with Crippen LogP contribution in [0.15, 0.2) is 24.3 Å². The fourth-order valence-electron chi connectivity index (χ4n) is 2.82. The Morgan fingerprint density at radius 2 is 2.30 bits per heavy atom. The van der Waals surface area contributed by atoms with Gasteiger partial charge in [-0.25, -0.2) is 0 Å². The maximum atomic E-state index is 11.9. The van der Waals surface area contributed by atoms with Gasteiger partial charge in [0, 0.05) is 17.8 Å². The highest BCUT2D eigenvalue weighted by Crippen LogP contribution is 2.26. The maximum absolute atomic E-state index is 11.9. The van der Waals surface area contributed by atoms with Crippen LogP contribution in [0.25, 0.3) is 0 Å². The lowest BCUT2D eigenvalue weighted by Crippen LogP contribution is -2.40. The van der Waals surface area contributed by atoms with E-state index in [0.29, 0.717) is 17.5 Å². The van der Waals surface area contributed by atoms with Crippen molar-refractivity contribution in [3.8, 4) is 5.75 Å². The molecule has 1 aliphatic carbocycles. The van der Waals surface area contributed by atoms with Crippen molar-refractivity contribution in [2.75, 3.05) is 12.3 Å². The summed E-state index contributed by atoms with van der Waals surface area (Å²) in [6, 6.07) is 7.44. The van der Waals surface area contributed by atoms with Gasteiger partial charge >= 0.3 is 0 Å². The number of nitrogens with two attached hydrogens (primary N) is 1. The van der Waals surface area contributed by atoms with E-state index in [0.717, 1.165) is 18.8 Å². The molecule has 0 saturated heterocycles. The van der Waals surface area contributed by atoms with Crippen LogP contribution in [-0.2, 0) is 4.79 Å². The van der Waals surface area contributed by atoms with Gasteiger partial charge in [0.05, 0.1) is 0 Å². The first kappa shape index (κ1) is 14.7. The lowest BCUT2D eigenvalue weighted by atomic mass is 9.84. The fraction of sp³-hybridized carbons (Fsp3) is 0.562. The molecule has 1 saturated carbocycles. The topological polar surface area (TPSA) is 64.3 Å². The number of hydrogen-bond acceptors (Lipinski definition) is 3. The number of carbonyl (C=O) groups is 1. The quantitative estimate of drug-likeness (QED) is 0.813. The average Bonchev–Trinajstić information content (AvgIpc) is 2.45. The lowest BCUT2D eigenvalue weighted by molar-refractivity contribution is -0.124. The first-order valence-electron chi connectivity index (χ1n) is 7.45. The lowest BCUT2D eigenvalue weighted by Gasteiger charge is -2.29. The van der Waals surface area contributed by atoms with Crippen molar-refractivity contribution < 1.29 is 9.53 Å². The Morgan fingerprint density at radius 3 is 3.05 bits per heavy atom. The minimum Gasteiger partial charge on any atom is -0.484 e. The predicted octanol–water partition coefficient (Wildman–Crippen LogP) is 2.73. The molecule has 1 aromatic carbocycles. The molecule has 20 heavy (non-hydrogen) atoms. The number of rotatable bonds is 5. The number of benzene rings is 1. The number of anilines is 1. The molecule has 4 heteroatoms. The number of nitrogen functional groups attached to an aromatic ring is 1. The molecule has 1 fully saturated rings. The van der Waals surface area contributed by atoms with Gasteiger partial charge < -0.3 is 15.8 Å². The van der Waals surface area contributed by atoms with Gasteiger partial charge in [-0.1, -0.05) is 32.3 Å². The summed E-state index contributed by atoms with van der Waals surface area (Å²) >= 11 is 0. The molecule has 0 spiro atoms. The Balaban J connectivity index is 1.75. The zero-order valence-electron chi connectivity index (χ0n) is 12.1.